The van der Waals surface area contributed by atoms with E-state index >= 15 is 0 Å². The monoisotopic (exact) mass is 394 g/mol. The van der Waals surface area contributed by atoms with Gasteiger partial charge in [-0.3, -0.25) is 9.89 Å². The highest BCUT2D eigenvalue weighted by molar-refractivity contribution is 5.80. The summed E-state index contributed by atoms with van der Waals surface area (Å²) in [6, 6.07) is 6.39. The lowest BCUT2D eigenvalue weighted by Gasteiger charge is -2.19. The van der Waals surface area contributed by atoms with Gasteiger partial charge in [-0.2, -0.15) is 0 Å². The second-order valence-electron chi connectivity index (χ2n) is 6.69. The smallest absolute Gasteiger partial charge is 0.191 e. The van der Waals surface area contributed by atoms with E-state index < -0.39 is 0 Å². The number of guanidine groups is 1. The molecule has 2 N–H and O–H groups in total. The van der Waals surface area contributed by atoms with Gasteiger partial charge in [0.05, 0.1) is 34.0 Å². The Morgan fingerprint density at radius 2 is 1.86 bits per heavy atom. The number of ether oxygens (including phenoxy) is 4. The molecular weight excluding hydrogens is 360 g/mol. The third-order valence-electron chi connectivity index (χ3n) is 4.62. The number of nitrogens with zero attached hydrogens (tertiary/aromatic N) is 2. The highest BCUT2D eigenvalue weighted by atomic mass is 16.5. The van der Waals surface area contributed by atoms with Gasteiger partial charge in [-0.05, 0) is 24.1 Å². The van der Waals surface area contributed by atoms with E-state index in [4.69, 9.17) is 18.9 Å². The summed E-state index contributed by atoms with van der Waals surface area (Å²) >= 11 is 0. The molecule has 0 spiro atoms. The summed E-state index contributed by atoms with van der Waals surface area (Å²) in [6.07, 6.45) is 1.08. The van der Waals surface area contributed by atoms with Crippen LogP contribution in [0.5, 0.6) is 11.5 Å². The summed E-state index contributed by atoms with van der Waals surface area (Å²) < 4.78 is 21.2. The first-order chi connectivity index (χ1) is 13.7. The molecule has 1 atom stereocenters. The van der Waals surface area contributed by atoms with Crippen LogP contribution < -0.4 is 20.1 Å². The molecule has 1 aliphatic heterocycles. The number of benzene rings is 1. The zero-order valence-corrected chi connectivity index (χ0v) is 17.5. The predicted octanol–water partition coefficient (Wildman–Crippen LogP) is 1.11. The zero-order valence-electron chi connectivity index (χ0n) is 17.5. The van der Waals surface area contributed by atoms with Crippen molar-refractivity contribution in [3.8, 4) is 11.5 Å². The van der Waals surface area contributed by atoms with Crippen LogP contribution >= 0.6 is 0 Å². The van der Waals surface area contributed by atoms with Crippen LogP contribution in [-0.2, 0) is 16.0 Å². The highest BCUT2D eigenvalue weighted by Crippen LogP contribution is 2.24. The fourth-order valence-corrected chi connectivity index (χ4v) is 3.18. The summed E-state index contributed by atoms with van der Waals surface area (Å²) in [5, 5.41) is 6.79. The number of hydrogen-bond donors (Lipinski definition) is 2. The van der Waals surface area contributed by atoms with Gasteiger partial charge in [-0.1, -0.05) is 0 Å². The fourth-order valence-electron chi connectivity index (χ4n) is 3.18. The molecule has 0 aromatic heterocycles. The molecule has 1 heterocycles. The van der Waals surface area contributed by atoms with Crippen molar-refractivity contribution in [1.29, 1.82) is 0 Å². The number of rotatable bonds is 11. The minimum atomic E-state index is 0.369. The normalized spacial score (nSPS) is 17.6. The average Bonchev–Trinajstić information content (AvgIpc) is 3.15. The molecule has 0 bridgehead atoms. The molecular formula is C20H34N4O4. The van der Waals surface area contributed by atoms with E-state index in [0.29, 0.717) is 32.4 Å². The first-order valence-corrected chi connectivity index (χ1v) is 9.66. The fraction of sp³-hybridized carbons (Fsp3) is 0.650. The Kier molecular flexibility index (Phi) is 9.88. The van der Waals surface area contributed by atoms with Gasteiger partial charge in [0.2, 0.25) is 0 Å². The van der Waals surface area contributed by atoms with Crippen LogP contribution in [0.4, 0.5) is 0 Å². The maximum absolute atomic E-state index is 5.46. The number of hydrogen-bond acceptors (Lipinski definition) is 6. The highest BCUT2D eigenvalue weighted by Gasteiger charge is 2.23. The van der Waals surface area contributed by atoms with Gasteiger partial charge in [-0.15, -0.1) is 0 Å². The van der Waals surface area contributed by atoms with E-state index in [1.165, 1.54) is 5.56 Å². The van der Waals surface area contributed by atoms with Crippen LogP contribution in [0.15, 0.2) is 23.2 Å². The summed E-state index contributed by atoms with van der Waals surface area (Å²) in [5.41, 5.74) is 1.19. The van der Waals surface area contributed by atoms with Crippen molar-refractivity contribution in [1.82, 2.24) is 15.5 Å². The number of methoxy groups -OCH3 is 3. The lowest BCUT2D eigenvalue weighted by molar-refractivity contribution is 0.0733. The Hall–Kier alpha value is -2.03. The van der Waals surface area contributed by atoms with E-state index in [2.05, 4.69) is 32.7 Å². The van der Waals surface area contributed by atoms with E-state index in [-0.39, 0.29) is 0 Å². The van der Waals surface area contributed by atoms with Gasteiger partial charge >= 0.3 is 0 Å². The van der Waals surface area contributed by atoms with E-state index in [1.807, 2.05) is 6.07 Å². The van der Waals surface area contributed by atoms with Crippen molar-refractivity contribution in [2.45, 2.75) is 19.0 Å². The Bertz CT molecular complexity index is 590. The molecule has 0 aliphatic carbocycles. The second kappa shape index (κ2) is 12.4. The van der Waals surface area contributed by atoms with Crippen molar-refractivity contribution in [3.05, 3.63) is 23.8 Å². The predicted molar refractivity (Wildman–Crippen MR) is 110 cm³/mol. The maximum atomic E-state index is 5.46. The molecule has 8 heteroatoms. The summed E-state index contributed by atoms with van der Waals surface area (Å²) in [7, 11) is 6.81. The molecule has 1 aromatic rings. The van der Waals surface area contributed by atoms with Gasteiger partial charge in [0.15, 0.2) is 5.96 Å². The van der Waals surface area contributed by atoms with Gasteiger partial charge < -0.3 is 29.6 Å². The molecule has 158 valence electrons. The van der Waals surface area contributed by atoms with Gasteiger partial charge in [0.1, 0.15) is 11.5 Å². The standard InChI is InChI=1S/C20H34N4O4/c1-21-20(22-6-8-28-10-9-25-2)23-17-5-7-24(15-17)14-16-11-18(26-3)13-19(12-16)27-4/h11-13,17H,5-10,14-15H2,1-4H3,(H2,21,22,23). The zero-order chi connectivity index (χ0) is 20.2. The number of likely N-dealkylation sites (tertiary alicyclic amines) is 1. The minimum Gasteiger partial charge on any atom is -0.497 e. The summed E-state index contributed by atoms with van der Waals surface area (Å²) in [4.78, 5) is 6.73. The third-order valence-corrected chi connectivity index (χ3v) is 4.62. The lowest BCUT2D eigenvalue weighted by atomic mass is 10.2. The Balaban J connectivity index is 1.75. The van der Waals surface area contributed by atoms with Crippen LogP contribution in [0.3, 0.4) is 0 Å². The van der Waals surface area contributed by atoms with Crippen molar-refractivity contribution >= 4 is 5.96 Å². The summed E-state index contributed by atoms with van der Waals surface area (Å²) in [6.45, 7) is 5.42. The molecule has 0 saturated carbocycles. The molecule has 28 heavy (non-hydrogen) atoms. The third kappa shape index (κ3) is 7.53. The first kappa shape index (κ1) is 22.3. The van der Waals surface area contributed by atoms with Gasteiger partial charge in [0.25, 0.3) is 0 Å². The number of aliphatic imine (C=N–C) groups is 1. The molecule has 8 nitrogen and oxygen atoms in total. The molecule has 1 fully saturated rings. The average molecular weight is 395 g/mol. The van der Waals surface area contributed by atoms with Crippen molar-refractivity contribution < 1.29 is 18.9 Å². The molecule has 1 aromatic carbocycles. The van der Waals surface area contributed by atoms with Crippen LogP contribution in [0.2, 0.25) is 0 Å². The van der Waals surface area contributed by atoms with Crippen LogP contribution in [-0.4, -0.2) is 84.7 Å². The van der Waals surface area contributed by atoms with Crippen LogP contribution in [0, 0.1) is 0 Å². The largest absolute Gasteiger partial charge is 0.497 e. The SMILES string of the molecule is CN=C(NCCOCCOC)NC1CCN(Cc2cc(OC)cc(OC)c2)C1. The lowest BCUT2D eigenvalue weighted by Crippen LogP contribution is -2.45. The maximum Gasteiger partial charge on any atom is 0.191 e. The Labute approximate surface area is 168 Å². The van der Waals surface area contributed by atoms with Gasteiger partial charge in [-0.25, -0.2) is 0 Å². The molecule has 2 rings (SSSR count). The molecule has 0 radical (unpaired) electrons. The second-order valence-corrected chi connectivity index (χ2v) is 6.69. The van der Waals surface area contributed by atoms with Crippen LogP contribution in [0.1, 0.15) is 12.0 Å². The number of nitrogens with one attached hydrogen (secondary N) is 2. The van der Waals surface area contributed by atoms with Crippen molar-refractivity contribution in [2.24, 2.45) is 4.99 Å². The Morgan fingerprint density at radius 1 is 1.11 bits per heavy atom. The Morgan fingerprint density at radius 3 is 2.50 bits per heavy atom. The van der Waals surface area contributed by atoms with E-state index in [0.717, 1.165) is 43.5 Å². The molecule has 1 saturated heterocycles. The van der Waals surface area contributed by atoms with E-state index in [1.54, 1.807) is 28.4 Å². The molecule has 0 amide bonds. The first-order valence-electron chi connectivity index (χ1n) is 9.66. The topological polar surface area (TPSA) is 76.6 Å². The summed E-state index contributed by atoms with van der Waals surface area (Å²) in [5.74, 6) is 2.45. The van der Waals surface area contributed by atoms with E-state index in [9.17, 15) is 0 Å². The van der Waals surface area contributed by atoms with Crippen molar-refractivity contribution in [3.63, 3.8) is 0 Å². The molecule has 1 aliphatic rings. The van der Waals surface area contributed by atoms with Crippen LogP contribution in [0.25, 0.3) is 0 Å². The minimum absolute atomic E-state index is 0.369. The van der Waals surface area contributed by atoms with Gasteiger partial charge in [0, 0.05) is 52.4 Å². The quantitative estimate of drug-likeness (QED) is 0.331. The molecule has 1 unspecified atom stereocenters. The van der Waals surface area contributed by atoms with Crippen molar-refractivity contribution in [2.75, 3.05) is 67.8 Å².